The normalized spacial score (nSPS) is 18.7. The van der Waals surface area contributed by atoms with Crippen LogP contribution in [0.3, 0.4) is 0 Å². The molecule has 3 aromatic rings. The van der Waals surface area contributed by atoms with E-state index in [0.717, 1.165) is 16.6 Å². The molecule has 0 saturated carbocycles. The van der Waals surface area contributed by atoms with Gasteiger partial charge in [0.25, 0.3) is 0 Å². The zero-order chi connectivity index (χ0) is 19.0. The minimum atomic E-state index is -1.05. The van der Waals surface area contributed by atoms with E-state index in [9.17, 15) is 9.59 Å². The SMILES string of the molecule is CCOC(=O)[C@H]1C(=O)Nc2nc3ccccc3n2[C@H]1c1ccccc1OC. The first kappa shape index (κ1) is 17.1. The van der Waals surface area contributed by atoms with Crippen molar-refractivity contribution in [2.75, 3.05) is 19.0 Å². The first-order chi connectivity index (χ1) is 13.2. The van der Waals surface area contributed by atoms with Gasteiger partial charge in [-0.25, -0.2) is 4.98 Å². The number of para-hydroxylation sites is 3. The number of fused-ring (bicyclic) bond motifs is 3. The number of benzene rings is 2. The van der Waals surface area contributed by atoms with E-state index >= 15 is 0 Å². The monoisotopic (exact) mass is 365 g/mol. The molecule has 0 bridgehead atoms. The number of amides is 1. The van der Waals surface area contributed by atoms with Gasteiger partial charge in [0, 0.05) is 5.56 Å². The number of rotatable bonds is 4. The number of ether oxygens (including phenoxy) is 2. The number of carbonyl (C=O) groups is 2. The van der Waals surface area contributed by atoms with E-state index in [0.29, 0.717) is 11.7 Å². The maximum Gasteiger partial charge on any atom is 0.321 e. The molecular weight excluding hydrogens is 346 g/mol. The summed E-state index contributed by atoms with van der Waals surface area (Å²) in [6.45, 7) is 1.91. The molecule has 1 aliphatic heterocycles. The van der Waals surface area contributed by atoms with Gasteiger partial charge < -0.3 is 14.0 Å². The molecule has 138 valence electrons. The molecule has 2 aromatic carbocycles. The lowest BCUT2D eigenvalue weighted by Gasteiger charge is -2.32. The Labute approximate surface area is 155 Å². The average molecular weight is 365 g/mol. The first-order valence-corrected chi connectivity index (χ1v) is 8.73. The fourth-order valence-electron chi connectivity index (χ4n) is 3.59. The third-order valence-electron chi connectivity index (χ3n) is 4.71. The van der Waals surface area contributed by atoms with Crippen molar-refractivity contribution < 1.29 is 19.1 Å². The van der Waals surface area contributed by atoms with Crippen LogP contribution in [-0.4, -0.2) is 35.1 Å². The summed E-state index contributed by atoms with van der Waals surface area (Å²) in [6, 6.07) is 14.3. The summed E-state index contributed by atoms with van der Waals surface area (Å²) < 4.78 is 12.6. The van der Waals surface area contributed by atoms with Crippen LogP contribution in [0.15, 0.2) is 48.5 Å². The summed E-state index contributed by atoms with van der Waals surface area (Å²) in [7, 11) is 1.56. The summed E-state index contributed by atoms with van der Waals surface area (Å²) in [5, 5.41) is 2.75. The van der Waals surface area contributed by atoms with Crippen molar-refractivity contribution >= 4 is 28.9 Å². The molecule has 0 aliphatic carbocycles. The van der Waals surface area contributed by atoms with Crippen LogP contribution in [0.4, 0.5) is 5.95 Å². The Hall–Kier alpha value is -3.35. The number of nitrogens with one attached hydrogen (secondary N) is 1. The van der Waals surface area contributed by atoms with E-state index in [4.69, 9.17) is 9.47 Å². The molecule has 1 aliphatic rings. The minimum absolute atomic E-state index is 0.193. The third-order valence-corrected chi connectivity index (χ3v) is 4.71. The summed E-state index contributed by atoms with van der Waals surface area (Å²) in [6.07, 6.45) is 0. The van der Waals surface area contributed by atoms with E-state index in [-0.39, 0.29) is 6.61 Å². The number of imidazole rings is 1. The molecule has 27 heavy (non-hydrogen) atoms. The van der Waals surface area contributed by atoms with Crippen LogP contribution in [0.2, 0.25) is 0 Å². The van der Waals surface area contributed by atoms with Crippen LogP contribution in [0.1, 0.15) is 18.5 Å². The topological polar surface area (TPSA) is 82.5 Å². The van der Waals surface area contributed by atoms with Crippen LogP contribution < -0.4 is 10.1 Å². The van der Waals surface area contributed by atoms with Gasteiger partial charge >= 0.3 is 5.97 Å². The van der Waals surface area contributed by atoms with Crippen LogP contribution in [0.5, 0.6) is 5.75 Å². The number of hydrogen-bond acceptors (Lipinski definition) is 5. The standard InChI is InChI=1S/C20H19N3O4/c1-3-27-19(25)16-17(12-8-4-7-11-15(12)26-2)23-14-10-6-5-9-13(14)21-20(23)22-18(16)24/h4-11,16-17H,3H2,1-2H3,(H,21,22,24)/t16-,17+/m1/s1. The van der Waals surface area contributed by atoms with Gasteiger partial charge in [0.1, 0.15) is 5.75 Å². The fraction of sp³-hybridized carbons (Fsp3) is 0.250. The number of anilines is 1. The zero-order valence-corrected chi connectivity index (χ0v) is 15.0. The molecule has 0 unspecified atom stereocenters. The van der Waals surface area contributed by atoms with Gasteiger partial charge in [-0.2, -0.15) is 0 Å². The smallest absolute Gasteiger partial charge is 0.321 e. The number of nitrogens with zero attached hydrogens (tertiary/aromatic N) is 2. The largest absolute Gasteiger partial charge is 0.496 e. The van der Waals surface area contributed by atoms with Gasteiger partial charge in [0.2, 0.25) is 11.9 Å². The molecule has 0 saturated heterocycles. The second kappa shape index (κ2) is 6.75. The third kappa shape index (κ3) is 2.71. The van der Waals surface area contributed by atoms with Gasteiger partial charge in [-0.1, -0.05) is 30.3 Å². The van der Waals surface area contributed by atoms with Gasteiger partial charge in [0.15, 0.2) is 5.92 Å². The number of hydrogen-bond donors (Lipinski definition) is 1. The molecule has 1 aromatic heterocycles. The van der Waals surface area contributed by atoms with Crippen LogP contribution in [0.25, 0.3) is 11.0 Å². The Morgan fingerprint density at radius 2 is 1.93 bits per heavy atom. The highest BCUT2D eigenvalue weighted by molar-refractivity contribution is 6.07. The Morgan fingerprint density at radius 3 is 2.70 bits per heavy atom. The van der Waals surface area contributed by atoms with E-state index < -0.39 is 23.8 Å². The van der Waals surface area contributed by atoms with Crippen molar-refractivity contribution in [3.05, 3.63) is 54.1 Å². The molecule has 2 atom stereocenters. The predicted octanol–water partition coefficient (Wildman–Crippen LogP) is 2.77. The molecule has 2 heterocycles. The molecule has 1 N–H and O–H groups in total. The van der Waals surface area contributed by atoms with Crippen molar-refractivity contribution in [2.45, 2.75) is 13.0 Å². The molecule has 0 fully saturated rings. The van der Waals surface area contributed by atoms with Crippen LogP contribution >= 0.6 is 0 Å². The van der Waals surface area contributed by atoms with Crippen molar-refractivity contribution in [1.82, 2.24) is 9.55 Å². The molecule has 1 amide bonds. The lowest BCUT2D eigenvalue weighted by molar-refractivity contribution is -0.152. The van der Waals surface area contributed by atoms with Crippen molar-refractivity contribution in [2.24, 2.45) is 5.92 Å². The minimum Gasteiger partial charge on any atom is -0.496 e. The average Bonchev–Trinajstić information content (AvgIpc) is 3.04. The number of methoxy groups -OCH3 is 1. The Balaban J connectivity index is 1.99. The zero-order valence-electron chi connectivity index (χ0n) is 15.0. The molecule has 4 rings (SSSR count). The molecular formula is C20H19N3O4. The number of aromatic nitrogens is 2. The van der Waals surface area contributed by atoms with Gasteiger partial charge in [-0.3, -0.25) is 14.9 Å². The first-order valence-electron chi connectivity index (χ1n) is 8.73. The maximum atomic E-state index is 12.8. The predicted molar refractivity (Wildman–Crippen MR) is 99.6 cm³/mol. The Morgan fingerprint density at radius 1 is 1.19 bits per heavy atom. The second-order valence-corrected chi connectivity index (χ2v) is 6.20. The molecule has 7 heteroatoms. The van der Waals surface area contributed by atoms with Crippen molar-refractivity contribution in [3.63, 3.8) is 0 Å². The fourth-order valence-corrected chi connectivity index (χ4v) is 3.59. The van der Waals surface area contributed by atoms with Crippen LogP contribution in [-0.2, 0) is 14.3 Å². The lowest BCUT2D eigenvalue weighted by Crippen LogP contribution is -2.43. The highest BCUT2D eigenvalue weighted by Crippen LogP contribution is 2.41. The highest BCUT2D eigenvalue weighted by Gasteiger charge is 2.45. The highest BCUT2D eigenvalue weighted by atomic mass is 16.5. The van der Waals surface area contributed by atoms with Gasteiger partial charge in [-0.05, 0) is 25.1 Å². The Kier molecular flexibility index (Phi) is 4.27. The van der Waals surface area contributed by atoms with Gasteiger partial charge in [-0.15, -0.1) is 0 Å². The quantitative estimate of drug-likeness (QED) is 0.568. The summed E-state index contributed by atoms with van der Waals surface area (Å²) in [4.78, 5) is 30.0. The number of esters is 1. The molecule has 0 spiro atoms. The van der Waals surface area contributed by atoms with Crippen molar-refractivity contribution in [3.8, 4) is 5.75 Å². The summed E-state index contributed by atoms with van der Waals surface area (Å²) >= 11 is 0. The Bertz CT molecular complexity index is 1030. The number of carbonyl (C=O) groups excluding carboxylic acids is 2. The van der Waals surface area contributed by atoms with E-state index in [1.54, 1.807) is 14.0 Å². The molecule has 0 radical (unpaired) electrons. The lowest BCUT2D eigenvalue weighted by atomic mass is 9.89. The van der Waals surface area contributed by atoms with Crippen molar-refractivity contribution in [1.29, 1.82) is 0 Å². The van der Waals surface area contributed by atoms with E-state index in [2.05, 4.69) is 10.3 Å². The maximum absolute atomic E-state index is 12.8. The summed E-state index contributed by atoms with van der Waals surface area (Å²) in [5.74, 6) is -1.07. The second-order valence-electron chi connectivity index (χ2n) is 6.20. The van der Waals surface area contributed by atoms with Crippen LogP contribution in [0, 0.1) is 5.92 Å². The molecule has 7 nitrogen and oxygen atoms in total. The van der Waals surface area contributed by atoms with Gasteiger partial charge in [0.05, 0.1) is 30.8 Å². The van der Waals surface area contributed by atoms with E-state index in [1.807, 2.05) is 53.1 Å². The van der Waals surface area contributed by atoms with E-state index in [1.165, 1.54) is 0 Å². The summed E-state index contributed by atoms with van der Waals surface area (Å²) in [5.41, 5.74) is 2.27.